The minimum Gasteiger partial charge on any atom is -0.355 e. The molecule has 2 aromatic heterocycles. The lowest BCUT2D eigenvalue weighted by Crippen LogP contribution is -2.31. The van der Waals surface area contributed by atoms with Crippen LogP contribution in [-0.4, -0.2) is 27.3 Å². The van der Waals surface area contributed by atoms with Crippen LogP contribution in [0, 0.1) is 13.8 Å². The van der Waals surface area contributed by atoms with Crippen molar-refractivity contribution in [3.8, 4) is 11.1 Å². The lowest BCUT2D eigenvalue weighted by atomic mass is 10.0. The van der Waals surface area contributed by atoms with Crippen molar-refractivity contribution >= 4 is 39.2 Å². The molecule has 0 aliphatic carbocycles. The molecule has 0 aliphatic rings. The van der Waals surface area contributed by atoms with Crippen molar-refractivity contribution in [2.24, 2.45) is 7.05 Å². The Balaban J connectivity index is 2.05. The topological polar surface area (TPSA) is 64.0 Å². The van der Waals surface area contributed by atoms with Crippen LogP contribution in [0.1, 0.15) is 25.0 Å². The molecule has 1 N–H and O–H groups in total. The smallest absolute Gasteiger partial charge is 0.263 e. The Morgan fingerprint density at radius 1 is 1.33 bits per heavy atom. The number of amides is 1. The van der Waals surface area contributed by atoms with E-state index in [2.05, 4.69) is 36.3 Å². The summed E-state index contributed by atoms with van der Waals surface area (Å²) in [5.41, 5.74) is 4.28. The second-order valence-corrected chi connectivity index (χ2v) is 8.71. The maximum atomic E-state index is 13.0. The molecule has 0 bridgehead atoms. The molecule has 5 nitrogen and oxygen atoms in total. The van der Waals surface area contributed by atoms with E-state index in [-0.39, 0.29) is 16.7 Å². The first kappa shape index (κ1) is 19.6. The van der Waals surface area contributed by atoms with Gasteiger partial charge in [-0.25, -0.2) is 4.98 Å². The summed E-state index contributed by atoms with van der Waals surface area (Å²) >= 11 is 2.77. The zero-order valence-corrected chi connectivity index (χ0v) is 17.8. The molecule has 27 heavy (non-hydrogen) atoms. The molecule has 0 unspecified atom stereocenters. The molecule has 1 aromatic carbocycles. The number of hydrogen-bond donors (Lipinski definition) is 1. The molecule has 3 rings (SSSR count). The highest BCUT2D eigenvalue weighted by Crippen LogP contribution is 2.33. The van der Waals surface area contributed by atoms with E-state index in [1.165, 1.54) is 34.2 Å². The molecule has 0 saturated heterocycles. The molecular weight excluding hydrogens is 378 g/mol. The Morgan fingerprint density at radius 3 is 2.74 bits per heavy atom. The number of nitrogens with zero attached hydrogens (tertiary/aromatic N) is 2. The fourth-order valence-electron chi connectivity index (χ4n) is 2.81. The number of rotatable bonds is 5. The molecule has 0 radical (unpaired) electrons. The van der Waals surface area contributed by atoms with Gasteiger partial charge in [-0.15, -0.1) is 11.3 Å². The van der Waals surface area contributed by atoms with Gasteiger partial charge >= 0.3 is 0 Å². The van der Waals surface area contributed by atoms with Crippen LogP contribution in [0.4, 0.5) is 0 Å². The Hall–Kier alpha value is -2.12. The van der Waals surface area contributed by atoms with E-state index in [0.717, 1.165) is 11.1 Å². The Kier molecular flexibility index (Phi) is 5.72. The summed E-state index contributed by atoms with van der Waals surface area (Å²) in [7, 11) is 1.71. The SMILES string of the molecule is CCNC(=O)[C@@H](C)Sc1nc2scc(-c3ccc(C)c(C)c3)c2c(=O)n1C. The van der Waals surface area contributed by atoms with E-state index in [9.17, 15) is 9.59 Å². The third-order valence-electron chi connectivity index (χ3n) is 4.59. The van der Waals surface area contributed by atoms with Gasteiger partial charge in [-0.3, -0.25) is 14.2 Å². The largest absolute Gasteiger partial charge is 0.355 e. The number of aromatic nitrogens is 2. The Bertz CT molecular complexity index is 1070. The highest BCUT2D eigenvalue weighted by Gasteiger charge is 2.20. The van der Waals surface area contributed by atoms with Crippen LogP contribution in [-0.2, 0) is 11.8 Å². The average Bonchev–Trinajstić information content (AvgIpc) is 3.05. The van der Waals surface area contributed by atoms with Gasteiger partial charge in [0.05, 0.1) is 10.6 Å². The normalized spacial score (nSPS) is 12.3. The molecule has 142 valence electrons. The lowest BCUT2D eigenvalue weighted by Gasteiger charge is -2.13. The number of carbonyl (C=O) groups excluding carboxylic acids is 1. The third kappa shape index (κ3) is 3.80. The first-order valence-corrected chi connectivity index (χ1v) is 10.6. The Labute approximate surface area is 166 Å². The number of nitrogens with one attached hydrogen (secondary N) is 1. The van der Waals surface area contributed by atoms with Crippen LogP contribution in [0.5, 0.6) is 0 Å². The maximum absolute atomic E-state index is 13.0. The van der Waals surface area contributed by atoms with Crippen molar-refractivity contribution < 1.29 is 4.79 Å². The fourth-order valence-corrected chi connectivity index (χ4v) is 4.70. The predicted octanol–water partition coefficient (Wildman–Crippen LogP) is 3.90. The van der Waals surface area contributed by atoms with Crippen LogP contribution >= 0.6 is 23.1 Å². The van der Waals surface area contributed by atoms with Crippen LogP contribution in [0.3, 0.4) is 0 Å². The monoisotopic (exact) mass is 401 g/mol. The van der Waals surface area contributed by atoms with Gasteiger partial charge in [0.25, 0.3) is 5.56 Å². The van der Waals surface area contributed by atoms with Crippen molar-refractivity contribution in [2.45, 2.75) is 38.1 Å². The summed E-state index contributed by atoms with van der Waals surface area (Å²) in [6.45, 7) is 8.43. The number of aryl methyl sites for hydroxylation is 2. The van der Waals surface area contributed by atoms with Gasteiger partial charge in [-0.2, -0.15) is 0 Å². The van der Waals surface area contributed by atoms with Crippen LogP contribution in [0.15, 0.2) is 33.5 Å². The molecule has 0 fully saturated rings. The first-order valence-electron chi connectivity index (χ1n) is 8.83. The van der Waals surface area contributed by atoms with Crippen molar-refractivity contribution in [1.82, 2.24) is 14.9 Å². The number of carbonyl (C=O) groups is 1. The van der Waals surface area contributed by atoms with Crippen LogP contribution in [0.2, 0.25) is 0 Å². The van der Waals surface area contributed by atoms with Crippen molar-refractivity contribution in [3.05, 3.63) is 45.1 Å². The summed E-state index contributed by atoms with van der Waals surface area (Å²) in [5, 5.41) is 5.67. The molecule has 0 spiro atoms. The molecular formula is C20H23N3O2S2. The van der Waals surface area contributed by atoms with Crippen molar-refractivity contribution in [2.75, 3.05) is 6.54 Å². The molecule has 2 heterocycles. The van der Waals surface area contributed by atoms with E-state index < -0.39 is 0 Å². The van der Waals surface area contributed by atoms with E-state index >= 15 is 0 Å². The first-order chi connectivity index (χ1) is 12.8. The minimum atomic E-state index is -0.320. The number of thioether (sulfide) groups is 1. The van der Waals surface area contributed by atoms with E-state index in [1.807, 2.05) is 25.3 Å². The fraction of sp³-hybridized carbons (Fsp3) is 0.350. The van der Waals surface area contributed by atoms with Gasteiger partial charge in [0.15, 0.2) is 5.16 Å². The highest BCUT2D eigenvalue weighted by molar-refractivity contribution is 8.00. The van der Waals surface area contributed by atoms with Gasteiger partial charge < -0.3 is 5.32 Å². The molecule has 1 amide bonds. The van der Waals surface area contributed by atoms with Gasteiger partial charge in [-0.05, 0) is 44.4 Å². The van der Waals surface area contributed by atoms with Gasteiger partial charge in [0, 0.05) is 24.5 Å². The summed E-state index contributed by atoms with van der Waals surface area (Å²) < 4.78 is 1.54. The summed E-state index contributed by atoms with van der Waals surface area (Å²) in [6, 6.07) is 6.23. The number of thiophene rings is 1. The van der Waals surface area contributed by atoms with E-state index in [4.69, 9.17) is 0 Å². The summed E-state index contributed by atoms with van der Waals surface area (Å²) in [4.78, 5) is 30.4. The second-order valence-electron chi connectivity index (χ2n) is 6.54. The minimum absolute atomic E-state index is 0.0566. The second kappa shape index (κ2) is 7.86. The molecule has 1 atom stereocenters. The van der Waals surface area contributed by atoms with Crippen LogP contribution in [0.25, 0.3) is 21.3 Å². The molecule has 0 aliphatic heterocycles. The van der Waals surface area contributed by atoms with Gasteiger partial charge in [-0.1, -0.05) is 30.0 Å². The zero-order valence-electron chi connectivity index (χ0n) is 16.1. The van der Waals surface area contributed by atoms with E-state index in [1.54, 1.807) is 11.6 Å². The standard InChI is InChI=1S/C20H23N3O2S2/c1-6-21-17(24)13(4)27-20-22-18-16(19(25)23(20)5)15(10-26-18)14-8-7-11(2)12(3)9-14/h7-10,13H,6H2,1-5H3,(H,21,24)/t13-/m1/s1. The molecule has 0 saturated carbocycles. The van der Waals surface area contributed by atoms with Crippen molar-refractivity contribution in [3.63, 3.8) is 0 Å². The average molecular weight is 402 g/mol. The quantitative estimate of drug-likeness (QED) is 0.520. The Morgan fingerprint density at radius 2 is 2.07 bits per heavy atom. The zero-order chi connectivity index (χ0) is 19.7. The summed E-state index contributed by atoms with van der Waals surface area (Å²) in [6.07, 6.45) is 0. The molecule has 3 aromatic rings. The van der Waals surface area contributed by atoms with Crippen molar-refractivity contribution in [1.29, 1.82) is 0 Å². The number of fused-ring (bicyclic) bond motifs is 1. The van der Waals surface area contributed by atoms with Crippen LogP contribution < -0.4 is 10.9 Å². The molecule has 7 heteroatoms. The number of benzene rings is 1. The number of hydrogen-bond acceptors (Lipinski definition) is 5. The highest BCUT2D eigenvalue weighted by atomic mass is 32.2. The predicted molar refractivity (Wildman–Crippen MR) is 114 cm³/mol. The van der Waals surface area contributed by atoms with Gasteiger partial charge in [0.2, 0.25) is 5.91 Å². The lowest BCUT2D eigenvalue weighted by molar-refractivity contribution is -0.120. The van der Waals surface area contributed by atoms with E-state index in [0.29, 0.717) is 21.9 Å². The summed E-state index contributed by atoms with van der Waals surface area (Å²) in [5.74, 6) is -0.0566. The third-order valence-corrected chi connectivity index (χ3v) is 6.61. The van der Waals surface area contributed by atoms with Gasteiger partial charge in [0.1, 0.15) is 4.83 Å². The maximum Gasteiger partial charge on any atom is 0.263 e.